The van der Waals surface area contributed by atoms with E-state index in [0.29, 0.717) is 5.92 Å². The Bertz CT molecular complexity index is 281. The summed E-state index contributed by atoms with van der Waals surface area (Å²) in [5.74, 6) is 0.586. The van der Waals surface area contributed by atoms with Gasteiger partial charge in [-0.15, -0.1) is 12.4 Å². The third-order valence-electron chi connectivity index (χ3n) is 2.11. The van der Waals surface area contributed by atoms with E-state index in [-0.39, 0.29) is 12.4 Å². The second-order valence-corrected chi connectivity index (χ2v) is 3.44. The van der Waals surface area contributed by atoms with Crippen molar-refractivity contribution in [3.8, 4) is 0 Å². The van der Waals surface area contributed by atoms with E-state index in [1.165, 1.54) is 11.1 Å². The van der Waals surface area contributed by atoms with Gasteiger partial charge in [0.25, 0.3) is 0 Å². The third-order valence-corrected chi connectivity index (χ3v) is 2.11. The van der Waals surface area contributed by atoms with E-state index in [0.717, 1.165) is 6.54 Å². The lowest BCUT2D eigenvalue weighted by molar-refractivity contribution is 0.802. The van der Waals surface area contributed by atoms with Crippen LogP contribution in [-0.2, 0) is 6.54 Å². The van der Waals surface area contributed by atoms with Gasteiger partial charge in [-0.25, -0.2) is 0 Å². The predicted molar refractivity (Wildman–Crippen MR) is 64.8 cm³/mol. The molecule has 0 saturated carbocycles. The molecule has 1 nitrogen and oxygen atoms in total. The molecule has 0 aliphatic carbocycles. The SMILES string of the molecule is C=CNCc1ccccc1C(C)C.Cl. The third kappa shape index (κ3) is 3.43. The minimum Gasteiger partial charge on any atom is -0.387 e. The molecule has 2 heteroatoms. The second-order valence-electron chi connectivity index (χ2n) is 3.44. The molecule has 0 amide bonds. The molecule has 0 aliphatic heterocycles. The van der Waals surface area contributed by atoms with Crippen molar-refractivity contribution in [3.05, 3.63) is 48.2 Å². The lowest BCUT2D eigenvalue weighted by Crippen LogP contribution is -2.07. The first-order valence-electron chi connectivity index (χ1n) is 4.67. The van der Waals surface area contributed by atoms with Crippen LogP contribution in [0.3, 0.4) is 0 Å². The maximum absolute atomic E-state index is 3.64. The predicted octanol–water partition coefficient (Wildman–Crippen LogP) is 3.46. The smallest absolute Gasteiger partial charge is 0.0397 e. The van der Waals surface area contributed by atoms with Crippen molar-refractivity contribution in [2.24, 2.45) is 0 Å². The van der Waals surface area contributed by atoms with Gasteiger partial charge in [-0.3, -0.25) is 0 Å². The van der Waals surface area contributed by atoms with Crippen molar-refractivity contribution < 1.29 is 0 Å². The van der Waals surface area contributed by atoms with E-state index >= 15 is 0 Å². The Balaban J connectivity index is 0.00000169. The highest BCUT2D eigenvalue weighted by Crippen LogP contribution is 2.18. The summed E-state index contributed by atoms with van der Waals surface area (Å²) in [6, 6.07) is 8.51. The number of nitrogens with one attached hydrogen (secondary N) is 1. The molecule has 0 heterocycles. The van der Waals surface area contributed by atoms with Gasteiger partial charge in [-0.05, 0) is 23.2 Å². The van der Waals surface area contributed by atoms with Crippen LogP contribution in [0.15, 0.2) is 37.0 Å². The summed E-state index contributed by atoms with van der Waals surface area (Å²) in [6.07, 6.45) is 1.73. The molecule has 0 unspecified atom stereocenters. The molecule has 1 aromatic carbocycles. The molecule has 0 atom stereocenters. The average Bonchev–Trinajstić information content (AvgIpc) is 2.15. The Morgan fingerprint density at radius 2 is 2.00 bits per heavy atom. The van der Waals surface area contributed by atoms with Crippen LogP contribution in [0.25, 0.3) is 0 Å². The first-order valence-corrected chi connectivity index (χ1v) is 4.67. The molecule has 0 aromatic heterocycles. The molecule has 0 bridgehead atoms. The Kier molecular flexibility index (Phi) is 6.06. The summed E-state index contributed by atoms with van der Waals surface area (Å²) in [5.41, 5.74) is 2.77. The first-order chi connectivity index (χ1) is 6.25. The van der Waals surface area contributed by atoms with Gasteiger partial charge in [-0.1, -0.05) is 44.7 Å². The maximum Gasteiger partial charge on any atom is 0.0397 e. The molecule has 14 heavy (non-hydrogen) atoms. The van der Waals surface area contributed by atoms with Gasteiger partial charge in [0.05, 0.1) is 0 Å². The van der Waals surface area contributed by atoms with Gasteiger partial charge < -0.3 is 5.32 Å². The summed E-state index contributed by atoms with van der Waals surface area (Å²) in [7, 11) is 0. The molecule has 1 N–H and O–H groups in total. The first kappa shape index (κ1) is 13.1. The molecular formula is C12H18ClN. The number of halogens is 1. The molecule has 0 radical (unpaired) electrons. The van der Waals surface area contributed by atoms with Gasteiger partial charge >= 0.3 is 0 Å². The molecule has 78 valence electrons. The highest BCUT2D eigenvalue weighted by molar-refractivity contribution is 5.85. The normalized spacial score (nSPS) is 9.36. The summed E-state index contributed by atoms with van der Waals surface area (Å²) in [6.45, 7) is 8.94. The quantitative estimate of drug-likeness (QED) is 0.805. The zero-order valence-corrected chi connectivity index (χ0v) is 9.60. The number of hydrogen-bond acceptors (Lipinski definition) is 1. The summed E-state index contributed by atoms with van der Waals surface area (Å²) in [5, 5.41) is 3.12. The lowest BCUT2D eigenvalue weighted by Gasteiger charge is -2.12. The fraction of sp³-hybridized carbons (Fsp3) is 0.333. The molecule has 0 aliphatic rings. The Hall–Kier alpha value is -0.950. The Morgan fingerprint density at radius 1 is 1.36 bits per heavy atom. The van der Waals surface area contributed by atoms with Crippen LogP contribution in [0.5, 0.6) is 0 Å². The van der Waals surface area contributed by atoms with Crippen LogP contribution in [0.4, 0.5) is 0 Å². The van der Waals surface area contributed by atoms with Gasteiger partial charge in [-0.2, -0.15) is 0 Å². The van der Waals surface area contributed by atoms with Crippen LogP contribution in [0, 0.1) is 0 Å². The monoisotopic (exact) mass is 211 g/mol. The fourth-order valence-electron chi connectivity index (χ4n) is 1.44. The Labute approximate surface area is 92.6 Å². The molecule has 0 fully saturated rings. The average molecular weight is 212 g/mol. The molecule has 0 saturated heterocycles. The Morgan fingerprint density at radius 3 is 2.57 bits per heavy atom. The van der Waals surface area contributed by atoms with Gasteiger partial charge in [0.1, 0.15) is 0 Å². The highest BCUT2D eigenvalue weighted by Gasteiger charge is 2.03. The van der Waals surface area contributed by atoms with E-state index in [1.54, 1.807) is 6.20 Å². The van der Waals surface area contributed by atoms with Crippen molar-refractivity contribution in [2.75, 3.05) is 0 Å². The number of benzene rings is 1. The minimum absolute atomic E-state index is 0. The maximum atomic E-state index is 3.64. The zero-order chi connectivity index (χ0) is 9.68. The minimum atomic E-state index is 0. The number of rotatable bonds is 4. The molecule has 1 aromatic rings. The van der Waals surface area contributed by atoms with Gasteiger partial charge in [0, 0.05) is 6.54 Å². The van der Waals surface area contributed by atoms with Crippen LogP contribution in [0.2, 0.25) is 0 Å². The van der Waals surface area contributed by atoms with Gasteiger partial charge in [0.15, 0.2) is 0 Å². The largest absolute Gasteiger partial charge is 0.387 e. The summed E-state index contributed by atoms with van der Waals surface area (Å²) < 4.78 is 0. The van der Waals surface area contributed by atoms with E-state index in [1.807, 2.05) is 0 Å². The van der Waals surface area contributed by atoms with Crippen molar-refractivity contribution in [1.82, 2.24) is 5.32 Å². The zero-order valence-electron chi connectivity index (χ0n) is 8.79. The molecule has 0 spiro atoms. The van der Waals surface area contributed by atoms with Crippen LogP contribution in [-0.4, -0.2) is 0 Å². The summed E-state index contributed by atoms with van der Waals surface area (Å²) >= 11 is 0. The van der Waals surface area contributed by atoms with Crippen molar-refractivity contribution in [2.45, 2.75) is 26.3 Å². The molecular weight excluding hydrogens is 194 g/mol. The van der Waals surface area contributed by atoms with Crippen molar-refractivity contribution in [1.29, 1.82) is 0 Å². The van der Waals surface area contributed by atoms with Crippen LogP contribution >= 0.6 is 12.4 Å². The van der Waals surface area contributed by atoms with E-state index < -0.39 is 0 Å². The van der Waals surface area contributed by atoms with Crippen molar-refractivity contribution in [3.63, 3.8) is 0 Å². The van der Waals surface area contributed by atoms with E-state index in [2.05, 4.69) is 50.0 Å². The second kappa shape index (κ2) is 6.50. The van der Waals surface area contributed by atoms with Crippen LogP contribution < -0.4 is 5.32 Å². The van der Waals surface area contributed by atoms with Gasteiger partial charge in [0.2, 0.25) is 0 Å². The van der Waals surface area contributed by atoms with Crippen LogP contribution in [0.1, 0.15) is 30.9 Å². The van der Waals surface area contributed by atoms with Crippen molar-refractivity contribution >= 4 is 12.4 Å². The topological polar surface area (TPSA) is 12.0 Å². The molecule has 1 rings (SSSR count). The fourth-order valence-corrected chi connectivity index (χ4v) is 1.44. The number of hydrogen-bond donors (Lipinski definition) is 1. The van der Waals surface area contributed by atoms with E-state index in [4.69, 9.17) is 0 Å². The summed E-state index contributed by atoms with van der Waals surface area (Å²) in [4.78, 5) is 0. The lowest BCUT2D eigenvalue weighted by atomic mass is 9.97. The standard InChI is InChI=1S/C12H17N.ClH/c1-4-13-9-11-7-5-6-8-12(11)10(2)3;/h4-8,10,13H,1,9H2,2-3H3;1H. The van der Waals surface area contributed by atoms with E-state index in [9.17, 15) is 0 Å². The highest BCUT2D eigenvalue weighted by atomic mass is 35.5.